The Morgan fingerprint density at radius 3 is 1.26 bits per heavy atom. The van der Waals surface area contributed by atoms with Crippen molar-refractivity contribution in [1.29, 1.82) is 0 Å². The van der Waals surface area contributed by atoms with E-state index in [0.717, 1.165) is 102 Å². The van der Waals surface area contributed by atoms with Crippen molar-refractivity contribution in [2.45, 2.75) is 88.3 Å². The Kier molecular flexibility index (Phi) is 10.8. The second-order valence-corrected chi connectivity index (χ2v) is 10.8. The second-order valence-electron chi connectivity index (χ2n) is 10.8. The van der Waals surface area contributed by atoms with Gasteiger partial charge in [0.05, 0.1) is 0 Å². The molecule has 0 saturated carbocycles. The van der Waals surface area contributed by atoms with Crippen LogP contribution in [0.5, 0.6) is 0 Å². The van der Waals surface area contributed by atoms with Gasteiger partial charge in [0.25, 0.3) is 0 Å². The van der Waals surface area contributed by atoms with E-state index in [9.17, 15) is 9.59 Å². The first-order chi connectivity index (χ1) is 18.6. The van der Waals surface area contributed by atoms with Gasteiger partial charge in [0, 0.05) is 38.5 Å². The number of esters is 2. The molecule has 2 aliphatic heterocycles. The molecule has 0 atom stereocenters. The zero-order chi connectivity index (χ0) is 26.5. The Morgan fingerprint density at radius 1 is 0.553 bits per heavy atom. The van der Waals surface area contributed by atoms with E-state index in [1.165, 1.54) is 0 Å². The highest BCUT2D eigenvalue weighted by Gasteiger charge is 2.38. The van der Waals surface area contributed by atoms with Crippen molar-refractivity contribution in [1.82, 2.24) is 10.6 Å². The molecule has 38 heavy (non-hydrogen) atoms. The van der Waals surface area contributed by atoms with Gasteiger partial charge in [0.15, 0.2) is 0 Å². The number of hydrogen-bond donors (Lipinski definition) is 2. The maximum Gasteiger partial charge on any atom is 0.306 e. The van der Waals surface area contributed by atoms with Crippen molar-refractivity contribution in [2.24, 2.45) is 0 Å². The number of unbranched alkanes of at least 4 members (excludes halogenated alkanes) is 5. The average Bonchev–Trinajstić information content (AvgIpc) is 2.96. The molecule has 0 radical (unpaired) electrons. The molecule has 2 saturated heterocycles. The van der Waals surface area contributed by atoms with Crippen LogP contribution in [0.15, 0.2) is 60.7 Å². The summed E-state index contributed by atoms with van der Waals surface area (Å²) in [5, 5.41) is 6.75. The normalized spacial score (nSPS) is 18.4. The monoisotopic (exact) mass is 520 g/mol. The summed E-state index contributed by atoms with van der Waals surface area (Å²) in [4.78, 5) is 25.4. The third-order valence-electron chi connectivity index (χ3n) is 8.05. The van der Waals surface area contributed by atoms with Gasteiger partial charge in [-0.3, -0.25) is 9.59 Å². The minimum absolute atomic E-state index is 0.0937. The molecule has 2 aromatic rings. The molecule has 206 valence electrons. The molecule has 2 aromatic carbocycles. The van der Waals surface area contributed by atoms with Gasteiger partial charge in [-0.25, -0.2) is 0 Å². The SMILES string of the molecule is O=C(CCCCCCCCC(=O)OC1(c2ccccc2)CCNCC1)OC1(c2ccccc2)CCNCC1. The van der Waals surface area contributed by atoms with Gasteiger partial charge in [0.2, 0.25) is 0 Å². The summed E-state index contributed by atoms with van der Waals surface area (Å²) in [6.07, 6.45) is 10.0. The van der Waals surface area contributed by atoms with Crippen molar-refractivity contribution in [3.63, 3.8) is 0 Å². The number of piperidine rings is 2. The Bertz CT molecular complexity index is 902. The van der Waals surface area contributed by atoms with Crippen LogP contribution in [-0.4, -0.2) is 38.1 Å². The number of hydrogen-bond acceptors (Lipinski definition) is 6. The minimum Gasteiger partial charge on any atom is -0.454 e. The standard InChI is InChI=1S/C32H44N2O4/c35-29(37-31(19-23-33-24-20-31)27-13-7-5-8-14-27)17-11-3-1-2-4-12-18-30(36)38-32(21-25-34-26-22-32)28-15-9-6-10-16-28/h5-10,13-16,33-34H,1-4,11-12,17-26H2. The molecular weight excluding hydrogens is 476 g/mol. The van der Waals surface area contributed by atoms with Gasteiger partial charge in [-0.05, 0) is 50.1 Å². The number of rotatable bonds is 13. The summed E-state index contributed by atoms with van der Waals surface area (Å²) < 4.78 is 12.2. The van der Waals surface area contributed by atoms with Crippen LogP contribution in [0.3, 0.4) is 0 Å². The minimum atomic E-state index is -0.495. The third kappa shape index (κ3) is 7.90. The quantitative estimate of drug-likeness (QED) is 0.259. The molecule has 6 nitrogen and oxygen atoms in total. The summed E-state index contributed by atoms with van der Waals surface area (Å²) in [6, 6.07) is 20.3. The van der Waals surface area contributed by atoms with Gasteiger partial charge >= 0.3 is 11.9 Å². The molecule has 4 rings (SSSR count). The predicted octanol–water partition coefficient (Wildman–Crippen LogP) is 5.75. The smallest absolute Gasteiger partial charge is 0.306 e. The van der Waals surface area contributed by atoms with Crippen molar-refractivity contribution in [3.8, 4) is 0 Å². The van der Waals surface area contributed by atoms with E-state index in [0.29, 0.717) is 12.8 Å². The van der Waals surface area contributed by atoms with E-state index in [4.69, 9.17) is 9.47 Å². The zero-order valence-corrected chi connectivity index (χ0v) is 22.7. The number of carbonyl (C=O) groups is 2. The van der Waals surface area contributed by atoms with Crippen LogP contribution in [0.4, 0.5) is 0 Å². The maximum atomic E-state index is 12.7. The van der Waals surface area contributed by atoms with Gasteiger partial charge < -0.3 is 20.1 Å². The molecule has 0 amide bonds. The molecule has 0 bridgehead atoms. The van der Waals surface area contributed by atoms with E-state index in [2.05, 4.69) is 34.9 Å². The first kappa shape index (κ1) is 28.3. The summed E-state index contributed by atoms with van der Waals surface area (Å²) in [7, 11) is 0. The molecular formula is C32H44N2O4. The Labute approximate surface area is 227 Å². The lowest BCUT2D eigenvalue weighted by atomic mass is 9.84. The van der Waals surface area contributed by atoms with Crippen LogP contribution in [0.1, 0.15) is 88.2 Å². The number of benzene rings is 2. The maximum absolute atomic E-state index is 12.7. The fourth-order valence-corrected chi connectivity index (χ4v) is 5.83. The van der Waals surface area contributed by atoms with Crippen molar-refractivity contribution in [2.75, 3.05) is 26.2 Å². The Morgan fingerprint density at radius 2 is 0.895 bits per heavy atom. The average molecular weight is 521 g/mol. The van der Waals surface area contributed by atoms with Crippen molar-refractivity contribution in [3.05, 3.63) is 71.8 Å². The largest absolute Gasteiger partial charge is 0.454 e. The number of carbonyl (C=O) groups excluding carboxylic acids is 2. The summed E-state index contributed by atoms with van der Waals surface area (Å²) >= 11 is 0. The number of ether oxygens (including phenoxy) is 2. The van der Waals surface area contributed by atoms with E-state index < -0.39 is 11.2 Å². The van der Waals surface area contributed by atoms with Crippen molar-refractivity contribution >= 4 is 11.9 Å². The first-order valence-corrected chi connectivity index (χ1v) is 14.6. The van der Waals surface area contributed by atoms with Crippen LogP contribution in [0.25, 0.3) is 0 Å². The second kappa shape index (κ2) is 14.5. The lowest BCUT2D eigenvalue weighted by Crippen LogP contribution is -2.43. The molecule has 0 aliphatic carbocycles. The van der Waals surface area contributed by atoms with E-state index >= 15 is 0 Å². The fraction of sp³-hybridized carbons (Fsp3) is 0.562. The lowest BCUT2D eigenvalue weighted by molar-refractivity contribution is -0.165. The molecule has 2 N–H and O–H groups in total. The van der Waals surface area contributed by atoms with Gasteiger partial charge in [0.1, 0.15) is 11.2 Å². The summed E-state index contributed by atoms with van der Waals surface area (Å²) in [5.41, 5.74) is 1.21. The topological polar surface area (TPSA) is 76.7 Å². The highest BCUT2D eigenvalue weighted by atomic mass is 16.6. The summed E-state index contributed by atoms with van der Waals surface area (Å²) in [5.74, 6) is -0.187. The molecule has 0 spiro atoms. The molecule has 0 unspecified atom stereocenters. The summed E-state index contributed by atoms with van der Waals surface area (Å²) in [6.45, 7) is 3.45. The third-order valence-corrected chi connectivity index (χ3v) is 8.05. The molecule has 0 aromatic heterocycles. The van der Waals surface area contributed by atoms with E-state index in [1.54, 1.807) is 0 Å². The van der Waals surface area contributed by atoms with E-state index in [1.807, 2.05) is 36.4 Å². The highest BCUT2D eigenvalue weighted by Crippen LogP contribution is 2.36. The van der Waals surface area contributed by atoms with Crippen LogP contribution in [-0.2, 0) is 30.3 Å². The molecule has 2 aliphatic rings. The number of nitrogens with one attached hydrogen (secondary N) is 2. The molecule has 2 fully saturated rings. The fourth-order valence-electron chi connectivity index (χ4n) is 5.83. The lowest BCUT2D eigenvalue weighted by Gasteiger charge is -2.37. The van der Waals surface area contributed by atoms with Gasteiger partial charge in [-0.2, -0.15) is 0 Å². The van der Waals surface area contributed by atoms with Crippen LogP contribution in [0.2, 0.25) is 0 Å². The highest BCUT2D eigenvalue weighted by molar-refractivity contribution is 5.70. The molecule has 2 heterocycles. The molecule has 6 heteroatoms. The predicted molar refractivity (Wildman–Crippen MR) is 150 cm³/mol. The first-order valence-electron chi connectivity index (χ1n) is 14.6. The van der Waals surface area contributed by atoms with Gasteiger partial charge in [-0.1, -0.05) is 86.3 Å². The van der Waals surface area contributed by atoms with E-state index in [-0.39, 0.29) is 11.9 Å². The van der Waals surface area contributed by atoms with Crippen molar-refractivity contribution < 1.29 is 19.1 Å². The Balaban J connectivity index is 1.10. The van der Waals surface area contributed by atoms with Crippen LogP contribution >= 0.6 is 0 Å². The zero-order valence-electron chi connectivity index (χ0n) is 22.7. The van der Waals surface area contributed by atoms with Crippen LogP contribution in [0, 0.1) is 0 Å². The Hall–Kier alpha value is -2.70. The van der Waals surface area contributed by atoms with Gasteiger partial charge in [-0.15, -0.1) is 0 Å². The van der Waals surface area contributed by atoms with Crippen LogP contribution < -0.4 is 10.6 Å².